The minimum atomic E-state index is 0.863. The number of allylic oxidation sites excluding steroid dienone is 2. The Morgan fingerprint density at radius 2 is 1.27 bits per heavy atom. The molecule has 0 aliphatic heterocycles. The van der Waals surface area contributed by atoms with Gasteiger partial charge in [-0.1, -0.05) is 12.2 Å². The van der Waals surface area contributed by atoms with E-state index in [1.54, 1.807) is 0 Å². The normalized spacial score (nSPS) is 38.5. The fourth-order valence-corrected chi connectivity index (χ4v) is 3.41. The number of hydrogen-bond donors (Lipinski definition) is 0. The van der Waals surface area contributed by atoms with Crippen molar-refractivity contribution < 1.29 is 0 Å². The summed E-state index contributed by atoms with van der Waals surface area (Å²) in [6.45, 7) is 2.51. The highest BCUT2D eigenvalue weighted by Gasteiger charge is 2.44. The molecule has 0 unspecified atom stereocenters. The molecule has 0 radical (unpaired) electrons. The van der Waals surface area contributed by atoms with Crippen molar-refractivity contribution in [3.05, 3.63) is 12.2 Å². The monoisotopic (exact) mass is 208 g/mol. The molecule has 0 heterocycles. The summed E-state index contributed by atoms with van der Waals surface area (Å²) in [6.07, 6.45) is 6.34. The lowest BCUT2D eigenvalue weighted by Crippen LogP contribution is -2.35. The predicted octanol–water partition coefficient (Wildman–Crippen LogP) is 1.55. The molecule has 2 bridgehead atoms. The van der Waals surface area contributed by atoms with Gasteiger partial charge >= 0.3 is 0 Å². The van der Waals surface area contributed by atoms with E-state index >= 15 is 0 Å². The molecule has 2 heteroatoms. The van der Waals surface area contributed by atoms with E-state index in [2.05, 4.69) is 50.1 Å². The van der Waals surface area contributed by atoms with Crippen molar-refractivity contribution in [2.24, 2.45) is 23.7 Å². The van der Waals surface area contributed by atoms with E-state index in [-0.39, 0.29) is 0 Å². The van der Waals surface area contributed by atoms with Gasteiger partial charge in [0, 0.05) is 13.1 Å². The van der Waals surface area contributed by atoms with Crippen molar-refractivity contribution >= 4 is 0 Å². The molecular weight excluding hydrogens is 184 g/mol. The molecule has 4 atom stereocenters. The van der Waals surface area contributed by atoms with Crippen LogP contribution >= 0.6 is 0 Å². The lowest BCUT2D eigenvalue weighted by Gasteiger charge is -2.32. The smallest absolute Gasteiger partial charge is 0.00125 e. The molecular formula is C13H24N2. The van der Waals surface area contributed by atoms with Crippen molar-refractivity contribution in [2.75, 3.05) is 41.3 Å². The van der Waals surface area contributed by atoms with Crippen molar-refractivity contribution in [1.82, 2.24) is 9.80 Å². The van der Waals surface area contributed by atoms with Gasteiger partial charge in [-0.15, -0.1) is 0 Å². The quantitative estimate of drug-likeness (QED) is 0.647. The van der Waals surface area contributed by atoms with Crippen molar-refractivity contribution in [1.29, 1.82) is 0 Å². The lowest BCUT2D eigenvalue weighted by molar-refractivity contribution is 0.190. The molecule has 2 rings (SSSR count). The van der Waals surface area contributed by atoms with Crippen LogP contribution in [0, 0.1) is 23.7 Å². The number of fused-ring (bicyclic) bond motifs is 2. The maximum Gasteiger partial charge on any atom is 0.00125 e. The summed E-state index contributed by atoms with van der Waals surface area (Å²) in [5, 5.41) is 0. The molecule has 15 heavy (non-hydrogen) atoms. The second kappa shape index (κ2) is 4.26. The standard InChI is InChI=1S/C13H24N2/c1-14(2)8-12-10-5-6-11(7-10)13(12)9-15(3)4/h5-6,10-13H,7-9H2,1-4H3/t10-,11+,12-,13-/m0/s1. The summed E-state index contributed by atoms with van der Waals surface area (Å²) in [5.41, 5.74) is 0. The van der Waals surface area contributed by atoms with Crippen LogP contribution in [0.15, 0.2) is 12.2 Å². The molecule has 2 aliphatic carbocycles. The second-order valence-electron chi connectivity index (χ2n) is 5.80. The summed E-state index contributed by atoms with van der Waals surface area (Å²) < 4.78 is 0. The van der Waals surface area contributed by atoms with Gasteiger partial charge in [0.05, 0.1) is 0 Å². The highest BCUT2D eigenvalue weighted by atomic mass is 15.1. The Balaban J connectivity index is 2.03. The van der Waals surface area contributed by atoms with Crippen LogP contribution in [0.25, 0.3) is 0 Å². The highest BCUT2D eigenvalue weighted by molar-refractivity contribution is 5.14. The summed E-state index contributed by atoms with van der Waals surface area (Å²) in [6, 6.07) is 0. The van der Waals surface area contributed by atoms with Crippen molar-refractivity contribution in [3.8, 4) is 0 Å². The summed E-state index contributed by atoms with van der Waals surface area (Å²) in [5.74, 6) is 3.50. The van der Waals surface area contributed by atoms with Gasteiger partial charge < -0.3 is 9.80 Å². The zero-order chi connectivity index (χ0) is 11.0. The molecule has 2 nitrogen and oxygen atoms in total. The topological polar surface area (TPSA) is 6.48 Å². The van der Waals surface area contributed by atoms with E-state index in [4.69, 9.17) is 0 Å². The fourth-order valence-electron chi connectivity index (χ4n) is 3.41. The van der Waals surface area contributed by atoms with Crippen LogP contribution in [0.2, 0.25) is 0 Å². The summed E-state index contributed by atoms with van der Waals surface area (Å²) >= 11 is 0. The molecule has 2 aliphatic rings. The van der Waals surface area contributed by atoms with E-state index in [1.807, 2.05) is 0 Å². The minimum absolute atomic E-state index is 0.863. The Bertz CT molecular complexity index is 221. The van der Waals surface area contributed by atoms with E-state index in [0.29, 0.717) is 0 Å². The van der Waals surface area contributed by atoms with Gasteiger partial charge in [0.1, 0.15) is 0 Å². The Hall–Kier alpha value is -0.340. The first kappa shape index (κ1) is 11.2. The molecule has 0 aromatic rings. The predicted molar refractivity (Wildman–Crippen MR) is 64.8 cm³/mol. The Morgan fingerprint density at radius 3 is 1.60 bits per heavy atom. The van der Waals surface area contributed by atoms with Gasteiger partial charge in [-0.3, -0.25) is 0 Å². The van der Waals surface area contributed by atoms with E-state index in [0.717, 1.165) is 23.7 Å². The van der Waals surface area contributed by atoms with E-state index in [9.17, 15) is 0 Å². The summed E-state index contributed by atoms with van der Waals surface area (Å²) in [4.78, 5) is 4.70. The van der Waals surface area contributed by atoms with Crippen LogP contribution in [-0.4, -0.2) is 51.1 Å². The average Bonchev–Trinajstić information content (AvgIpc) is 2.67. The summed E-state index contributed by atoms with van der Waals surface area (Å²) in [7, 11) is 8.79. The molecule has 0 spiro atoms. The van der Waals surface area contributed by atoms with Gasteiger partial charge in [-0.25, -0.2) is 0 Å². The molecule has 0 saturated heterocycles. The lowest BCUT2D eigenvalue weighted by atomic mass is 9.82. The van der Waals surface area contributed by atoms with Crippen LogP contribution in [0.3, 0.4) is 0 Å². The van der Waals surface area contributed by atoms with Crippen LogP contribution in [-0.2, 0) is 0 Å². The number of rotatable bonds is 4. The van der Waals surface area contributed by atoms with E-state index < -0.39 is 0 Å². The number of nitrogens with zero attached hydrogens (tertiary/aromatic N) is 2. The molecule has 1 fully saturated rings. The van der Waals surface area contributed by atoms with Gasteiger partial charge in [0.2, 0.25) is 0 Å². The molecule has 86 valence electrons. The highest BCUT2D eigenvalue weighted by Crippen LogP contribution is 2.48. The van der Waals surface area contributed by atoms with Crippen molar-refractivity contribution in [3.63, 3.8) is 0 Å². The largest absolute Gasteiger partial charge is 0.309 e. The zero-order valence-electron chi connectivity index (χ0n) is 10.5. The average molecular weight is 208 g/mol. The third-order valence-electron chi connectivity index (χ3n) is 3.95. The first-order valence-corrected chi connectivity index (χ1v) is 6.05. The SMILES string of the molecule is CN(C)C[C@@H]1[C@@H](CN(C)C)[C@H]2C=C[C@@H]1C2. The maximum atomic E-state index is 2.46. The van der Waals surface area contributed by atoms with Gasteiger partial charge in [-0.2, -0.15) is 0 Å². The van der Waals surface area contributed by atoms with Crippen LogP contribution in [0.5, 0.6) is 0 Å². The Kier molecular flexibility index (Phi) is 3.17. The molecule has 0 N–H and O–H groups in total. The Labute approximate surface area is 93.9 Å². The van der Waals surface area contributed by atoms with Crippen LogP contribution < -0.4 is 0 Å². The zero-order valence-corrected chi connectivity index (χ0v) is 10.5. The van der Waals surface area contributed by atoms with Crippen molar-refractivity contribution in [2.45, 2.75) is 6.42 Å². The first-order valence-electron chi connectivity index (χ1n) is 6.05. The molecule has 0 aromatic heterocycles. The first-order chi connectivity index (χ1) is 7.08. The van der Waals surface area contributed by atoms with Gasteiger partial charge in [0.25, 0.3) is 0 Å². The van der Waals surface area contributed by atoms with Crippen LogP contribution in [0.1, 0.15) is 6.42 Å². The third-order valence-corrected chi connectivity index (χ3v) is 3.95. The fraction of sp³-hybridized carbons (Fsp3) is 0.846. The maximum absolute atomic E-state index is 2.46. The molecule has 1 saturated carbocycles. The number of hydrogen-bond acceptors (Lipinski definition) is 2. The molecule has 0 aromatic carbocycles. The van der Waals surface area contributed by atoms with Crippen LogP contribution in [0.4, 0.5) is 0 Å². The minimum Gasteiger partial charge on any atom is -0.309 e. The van der Waals surface area contributed by atoms with E-state index in [1.165, 1.54) is 19.5 Å². The second-order valence-corrected chi connectivity index (χ2v) is 5.80. The third kappa shape index (κ3) is 2.26. The van der Waals surface area contributed by atoms with Gasteiger partial charge in [0.15, 0.2) is 0 Å². The van der Waals surface area contributed by atoms with Gasteiger partial charge in [-0.05, 0) is 58.3 Å². The molecule has 0 amide bonds. The Morgan fingerprint density at radius 1 is 0.867 bits per heavy atom.